The van der Waals surface area contributed by atoms with E-state index in [1.165, 1.54) is 0 Å². The highest BCUT2D eigenvalue weighted by Gasteiger charge is 2.16. The Labute approximate surface area is 97.0 Å². The van der Waals surface area contributed by atoms with Crippen LogP contribution in [0.2, 0.25) is 0 Å². The summed E-state index contributed by atoms with van der Waals surface area (Å²) in [5, 5.41) is 0. The van der Waals surface area contributed by atoms with E-state index in [0.29, 0.717) is 13.2 Å². The second kappa shape index (κ2) is 6.16. The van der Waals surface area contributed by atoms with Crippen LogP contribution in [0, 0.1) is 0 Å². The molecule has 0 saturated heterocycles. The minimum Gasteiger partial charge on any atom is -0.449 e. The molecule has 0 unspecified atom stereocenters. The van der Waals surface area contributed by atoms with Crippen molar-refractivity contribution in [3.63, 3.8) is 0 Å². The van der Waals surface area contributed by atoms with Gasteiger partial charge in [0.1, 0.15) is 0 Å². The van der Waals surface area contributed by atoms with E-state index in [2.05, 4.69) is 6.92 Å². The molecule has 3 nitrogen and oxygen atoms in total. The third kappa shape index (κ3) is 2.75. The maximum atomic E-state index is 11.7. The molecule has 0 fully saturated rings. The smallest absolute Gasteiger partial charge is 0.414 e. The average Bonchev–Trinajstić information content (AvgIpc) is 2.31. The number of ether oxygens (including phenoxy) is 1. The van der Waals surface area contributed by atoms with Crippen molar-refractivity contribution in [2.24, 2.45) is 0 Å². The number of nitrogens with zero attached hydrogens (tertiary/aromatic N) is 1. The van der Waals surface area contributed by atoms with E-state index < -0.39 is 0 Å². The van der Waals surface area contributed by atoms with Gasteiger partial charge in [-0.3, -0.25) is 4.90 Å². The largest absolute Gasteiger partial charge is 0.449 e. The van der Waals surface area contributed by atoms with Crippen molar-refractivity contribution < 1.29 is 9.53 Å². The van der Waals surface area contributed by atoms with Crippen molar-refractivity contribution in [2.45, 2.75) is 27.2 Å². The number of rotatable bonds is 4. The van der Waals surface area contributed by atoms with E-state index >= 15 is 0 Å². The van der Waals surface area contributed by atoms with Crippen molar-refractivity contribution in [3.8, 4) is 0 Å². The Morgan fingerprint density at radius 2 is 1.94 bits per heavy atom. The summed E-state index contributed by atoms with van der Waals surface area (Å²) in [5.41, 5.74) is 2.11. The molecule has 1 rings (SSSR count). The topological polar surface area (TPSA) is 29.5 Å². The molecule has 88 valence electrons. The Morgan fingerprint density at radius 3 is 2.50 bits per heavy atom. The quantitative estimate of drug-likeness (QED) is 0.781. The van der Waals surface area contributed by atoms with Gasteiger partial charge in [-0.15, -0.1) is 0 Å². The molecule has 0 atom stereocenters. The summed E-state index contributed by atoms with van der Waals surface area (Å²) in [5.74, 6) is 0. The fraction of sp³-hybridized carbons (Fsp3) is 0.462. The molecular weight excluding hydrogens is 202 g/mol. The summed E-state index contributed by atoms with van der Waals surface area (Å²) in [4.78, 5) is 13.4. The van der Waals surface area contributed by atoms with Gasteiger partial charge in [0.2, 0.25) is 0 Å². The van der Waals surface area contributed by atoms with Gasteiger partial charge in [0.25, 0.3) is 0 Å². The first-order chi connectivity index (χ1) is 7.74. The van der Waals surface area contributed by atoms with E-state index in [-0.39, 0.29) is 6.09 Å². The van der Waals surface area contributed by atoms with Crippen LogP contribution >= 0.6 is 0 Å². The summed E-state index contributed by atoms with van der Waals surface area (Å²) >= 11 is 0. The Morgan fingerprint density at radius 1 is 1.25 bits per heavy atom. The van der Waals surface area contributed by atoms with Gasteiger partial charge >= 0.3 is 6.09 Å². The van der Waals surface area contributed by atoms with Gasteiger partial charge in [0.05, 0.1) is 12.3 Å². The molecule has 0 N–H and O–H groups in total. The van der Waals surface area contributed by atoms with Crippen LogP contribution < -0.4 is 4.90 Å². The lowest BCUT2D eigenvalue weighted by atomic mass is 10.1. The Hall–Kier alpha value is -1.51. The third-order valence-electron chi connectivity index (χ3n) is 2.47. The molecule has 1 amide bonds. The van der Waals surface area contributed by atoms with Gasteiger partial charge < -0.3 is 4.74 Å². The maximum absolute atomic E-state index is 11.7. The predicted molar refractivity (Wildman–Crippen MR) is 65.9 cm³/mol. The van der Waals surface area contributed by atoms with Crippen LogP contribution in [0.5, 0.6) is 0 Å². The predicted octanol–water partition coefficient (Wildman–Crippen LogP) is 3.23. The van der Waals surface area contributed by atoms with Crippen molar-refractivity contribution in [1.82, 2.24) is 0 Å². The van der Waals surface area contributed by atoms with Gasteiger partial charge in [-0.25, -0.2) is 4.79 Å². The van der Waals surface area contributed by atoms with Crippen LogP contribution in [0.15, 0.2) is 24.3 Å². The van der Waals surface area contributed by atoms with Gasteiger partial charge in [-0.2, -0.15) is 0 Å². The molecule has 0 aliphatic rings. The highest BCUT2D eigenvalue weighted by molar-refractivity contribution is 5.88. The lowest BCUT2D eigenvalue weighted by Crippen LogP contribution is -2.32. The van der Waals surface area contributed by atoms with Gasteiger partial charge in [-0.1, -0.05) is 25.1 Å². The first-order valence-corrected chi connectivity index (χ1v) is 5.76. The number of benzene rings is 1. The fourth-order valence-electron chi connectivity index (χ4n) is 1.67. The molecule has 0 aliphatic heterocycles. The van der Waals surface area contributed by atoms with E-state index in [1.807, 2.05) is 38.1 Å². The number of anilines is 1. The van der Waals surface area contributed by atoms with Crippen LogP contribution in [-0.4, -0.2) is 19.2 Å². The molecule has 0 radical (unpaired) electrons. The number of hydrogen-bond acceptors (Lipinski definition) is 2. The fourth-order valence-corrected chi connectivity index (χ4v) is 1.67. The zero-order valence-corrected chi connectivity index (χ0v) is 10.2. The minimum absolute atomic E-state index is 0.272. The molecule has 3 heteroatoms. The molecule has 16 heavy (non-hydrogen) atoms. The van der Waals surface area contributed by atoms with Crippen LogP contribution in [-0.2, 0) is 11.2 Å². The number of para-hydroxylation sites is 1. The first kappa shape index (κ1) is 12.6. The van der Waals surface area contributed by atoms with E-state index in [0.717, 1.165) is 17.7 Å². The molecule has 0 aromatic heterocycles. The van der Waals surface area contributed by atoms with Crippen LogP contribution in [0.4, 0.5) is 10.5 Å². The molecule has 0 heterocycles. The normalized spacial score (nSPS) is 9.94. The summed E-state index contributed by atoms with van der Waals surface area (Å²) in [6, 6.07) is 7.92. The van der Waals surface area contributed by atoms with Crippen LogP contribution in [0.25, 0.3) is 0 Å². The summed E-state index contributed by atoms with van der Waals surface area (Å²) in [6.07, 6.45) is 0.636. The number of hydrogen-bond donors (Lipinski definition) is 0. The highest BCUT2D eigenvalue weighted by atomic mass is 16.6. The van der Waals surface area contributed by atoms with E-state index in [1.54, 1.807) is 4.90 Å². The van der Waals surface area contributed by atoms with E-state index in [4.69, 9.17) is 4.74 Å². The molecule has 1 aromatic carbocycles. The number of amides is 1. The first-order valence-electron chi connectivity index (χ1n) is 5.76. The Bertz CT molecular complexity index is 350. The zero-order valence-electron chi connectivity index (χ0n) is 10.2. The summed E-state index contributed by atoms with van der Waals surface area (Å²) in [6.45, 7) is 6.87. The standard InChI is InChI=1S/C13H19NO2/c1-4-11-9-7-8-10-12(11)14(5-2)13(15)16-6-3/h7-10H,4-6H2,1-3H3. The van der Waals surface area contributed by atoms with Gasteiger partial charge in [-0.05, 0) is 31.9 Å². The molecule has 0 spiro atoms. The van der Waals surface area contributed by atoms with Crippen molar-refractivity contribution in [2.75, 3.05) is 18.1 Å². The maximum Gasteiger partial charge on any atom is 0.414 e. The number of carbonyl (C=O) groups excluding carboxylic acids is 1. The molecule has 1 aromatic rings. The van der Waals surface area contributed by atoms with Gasteiger partial charge in [0, 0.05) is 6.54 Å². The average molecular weight is 221 g/mol. The lowest BCUT2D eigenvalue weighted by Gasteiger charge is -2.22. The minimum atomic E-state index is -0.272. The van der Waals surface area contributed by atoms with Crippen molar-refractivity contribution >= 4 is 11.8 Å². The molecule has 0 aliphatic carbocycles. The second-order valence-electron chi connectivity index (χ2n) is 3.43. The summed E-state index contributed by atoms with van der Waals surface area (Å²) < 4.78 is 5.04. The van der Waals surface area contributed by atoms with Crippen molar-refractivity contribution in [3.05, 3.63) is 29.8 Å². The van der Waals surface area contributed by atoms with E-state index in [9.17, 15) is 4.79 Å². The number of aryl methyl sites for hydroxylation is 1. The van der Waals surface area contributed by atoms with Gasteiger partial charge in [0.15, 0.2) is 0 Å². The highest BCUT2D eigenvalue weighted by Crippen LogP contribution is 2.21. The third-order valence-corrected chi connectivity index (χ3v) is 2.47. The lowest BCUT2D eigenvalue weighted by molar-refractivity contribution is 0.160. The molecule has 0 bridgehead atoms. The van der Waals surface area contributed by atoms with Crippen molar-refractivity contribution in [1.29, 1.82) is 0 Å². The van der Waals surface area contributed by atoms with Crippen LogP contribution in [0.1, 0.15) is 26.3 Å². The van der Waals surface area contributed by atoms with Crippen LogP contribution in [0.3, 0.4) is 0 Å². The number of carbonyl (C=O) groups is 1. The zero-order chi connectivity index (χ0) is 12.0. The SMILES string of the molecule is CCOC(=O)N(CC)c1ccccc1CC. The summed E-state index contributed by atoms with van der Waals surface area (Å²) in [7, 11) is 0. The molecular formula is C13H19NO2. The Kier molecular flexibility index (Phi) is 4.83. The molecule has 0 saturated carbocycles. The second-order valence-corrected chi connectivity index (χ2v) is 3.43. The monoisotopic (exact) mass is 221 g/mol. The Balaban J connectivity index is 2.98.